The van der Waals surface area contributed by atoms with Crippen LogP contribution in [0.25, 0.3) is 0 Å². The molecule has 0 saturated heterocycles. The van der Waals surface area contributed by atoms with Gasteiger partial charge in [-0.05, 0) is 41.8 Å². The largest absolute Gasteiger partial charge is 0.482 e. The van der Waals surface area contributed by atoms with E-state index < -0.39 is 0 Å². The minimum absolute atomic E-state index is 0.0504. The minimum atomic E-state index is -0.287. The third kappa shape index (κ3) is 2.73. The summed E-state index contributed by atoms with van der Waals surface area (Å²) in [7, 11) is 0. The summed E-state index contributed by atoms with van der Waals surface area (Å²) in [4.78, 5) is 11.4. The third-order valence-corrected chi connectivity index (χ3v) is 3.96. The Morgan fingerprint density at radius 1 is 1.24 bits per heavy atom. The van der Waals surface area contributed by atoms with Gasteiger partial charge in [0.15, 0.2) is 6.61 Å². The fourth-order valence-electron chi connectivity index (χ4n) is 2.35. The highest BCUT2D eigenvalue weighted by Crippen LogP contribution is 2.32. The van der Waals surface area contributed by atoms with Crippen LogP contribution >= 0.6 is 11.6 Å². The fraction of sp³-hybridized carbons (Fsp3) is 0.188. The maximum atomic E-state index is 11.4. The molecule has 2 aromatic rings. The van der Waals surface area contributed by atoms with E-state index in [1.807, 2.05) is 43.3 Å². The zero-order valence-electron chi connectivity index (χ0n) is 11.5. The van der Waals surface area contributed by atoms with Crippen molar-refractivity contribution >= 4 is 23.2 Å². The average molecular weight is 303 g/mol. The van der Waals surface area contributed by atoms with Crippen LogP contribution in [-0.2, 0) is 4.79 Å². The zero-order valence-corrected chi connectivity index (χ0v) is 12.3. The highest BCUT2D eigenvalue weighted by atomic mass is 35.5. The number of hydrogen-bond donors (Lipinski definition) is 2. The standard InChI is InChI=1S/C16H15ClN2O2/c1-9-6-10(2-4-12(9)17)16(18)11-3-5-14-13(7-11)19-15(20)8-21-14/h2-7,16H,8,18H2,1H3,(H,19,20). The predicted octanol–water partition coefficient (Wildman–Crippen LogP) is 3.03. The van der Waals surface area contributed by atoms with Crippen molar-refractivity contribution in [1.82, 2.24) is 0 Å². The first-order chi connectivity index (χ1) is 10.0. The smallest absolute Gasteiger partial charge is 0.262 e. The van der Waals surface area contributed by atoms with Gasteiger partial charge in [0.1, 0.15) is 5.75 Å². The molecule has 108 valence electrons. The number of ether oxygens (including phenoxy) is 1. The number of nitrogens with one attached hydrogen (secondary N) is 1. The normalized spacial score (nSPS) is 14.9. The quantitative estimate of drug-likeness (QED) is 0.896. The Labute approximate surface area is 127 Å². The van der Waals surface area contributed by atoms with Crippen molar-refractivity contribution in [1.29, 1.82) is 0 Å². The minimum Gasteiger partial charge on any atom is -0.482 e. The number of carbonyl (C=O) groups is 1. The molecule has 1 unspecified atom stereocenters. The van der Waals surface area contributed by atoms with Crippen LogP contribution in [0.3, 0.4) is 0 Å². The van der Waals surface area contributed by atoms with Crippen molar-refractivity contribution in [3.8, 4) is 5.75 Å². The lowest BCUT2D eigenvalue weighted by Crippen LogP contribution is -2.25. The highest BCUT2D eigenvalue weighted by molar-refractivity contribution is 6.31. The maximum absolute atomic E-state index is 11.4. The van der Waals surface area contributed by atoms with Gasteiger partial charge < -0.3 is 15.8 Å². The SMILES string of the molecule is Cc1cc(C(N)c2ccc3c(c2)NC(=O)CO3)ccc1Cl. The van der Waals surface area contributed by atoms with Crippen molar-refractivity contribution in [3.63, 3.8) is 0 Å². The number of fused-ring (bicyclic) bond motifs is 1. The maximum Gasteiger partial charge on any atom is 0.262 e. The molecule has 1 atom stereocenters. The van der Waals surface area contributed by atoms with Gasteiger partial charge in [-0.1, -0.05) is 29.8 Å². The number of rotatable bonds is 2. The van der Waals surface area contributed by atoms with E-state index in [1.54, 1.807) is 0 Å². The Bertz CT molecular complexity index is 715. The van der Waals surface area contributed by atoms with E-state index in [0.717, 1.165) is 21.7 Å². The molecule has 1 heterocycles. The summed E-state index contributed by atoms with van der Waals surface area (Å²) in [6.45, 7) is 1.99. The molecule has 5 heteroatoms. The molecule has 4 nitrogen and oxygen atoms in total. The van der Waals surface area contributed by atoms with E-state index in [1.165, 1.54) is 0 Å². The second kappa shape index (κ2) is 5.39. The lowest BCUT2D eigenvalue weighted by atomic mass is 9.97. The fourth-order valence-corrected chi connectivity index (χ4v) is 2.47. The van der Waals surface area contributed by atoms with Crippen molar-refractivity contribution in [3.05, 3.63) is 58.1 Å². The molecule has 0 radical (unpaired) electrons. The second-order valence-corrected chi connectivity index (χ2v) is 5.49. The summed E-state index contributed by atoms with van der Waals surface area (Å²) >= 11 is 6.04. The van der Waals surface area contributed by atoms with Crippen LogP contribution in [0.4, 0.5) is 5.69 Å². The van der Waals surface area contributed by atoms with E-state index in [4.69, 9.17) is 22.1 Å². The molecule has 2 aromatic carbocycles. The molecule has 0 bridgehead atoms. The molecule has 0 aliphatic carbocycles. The number of nitrogens with two attached hydrogens (primary N) is 1. The second-order valence-electron chi connectivity index (χ2n) is 5.08. The van der Waals surface area contributed by atoms with Gasteiger partial charge in [-0.2, -0.15) is 0 Å². The summed E-state index contributed by atoms with van der Waals surface area (Å²) in [6.07, 6.45) is 0. The molecule has 1 aliphatic heterocycles. The first-order valence-corrected chi connectivity index (χ1v) is 7.00. The molecule has 0 saturated carbocycles. The highest BCUT2D eigenvalue weighted by Gasteiger charge is 2.18. The summed E-state index contributed by atoms with van der Waals surface area (Å²) in [5.41, 5.74) is 9.83. The van der Waals surface area contributed by atoms with Crippen LogP contribution in [0.15, 0.2) is 36.4 Å². The van der Waals surface area contributed by atoms with E-state index in [2.05, 4.69) is 5.32 Å². The number of benzene rings is 2. The topological polar surface area (TPSA) is 64.3 Å². The Balaban J connectivity index is 1.94. The van der Waals surface area contributed by atoms with E-state index >= 15 is 0 Å². The first kappa shape index (κ1) is 13.9. The van der Waals surface area contributed by atoms with Gasteiger partial charge in [-0.15, -0.1) is 0 Å². The van der Waals surface area contributed by atoms with E-state index in [-0.39, 0.29) is 18.6 Å². The van der Waals surface area contributed by atoms with Crippen LogP contribution in [-0.4, -0.2) is 12.5 Å². The molecule has 3 rings (SSSR count). The number of hydrogen-bond acceptors (Lipinski definition) is 3. The molecule has 21 heavy (non-hydrogen) atoms. The van der Waals surface area contributed by atoms with Gasteiger partial charge in [-0.25, -0.2) is 0 Å². The van der Waals surface area contributed by atoms with Crippen LogP contribution in [0.5, 0.6) is 5.75 Å². The van der Waals surface area contributed by atoms with Crippen molar-refractivity contribution < 1.29 is 9.53 Å². The molecule has 0 fully saturated rings. The van der Waals surface area contributed by atoms with Gasteiger partial charge in [0, 0.05) is 5.02 Å². The lowest BCUT2D eigenvalue weighted by molar-refractivity contribution is -0.118. The monoisotopic (exact) mass is 302 g/mol. The van der Waals surface area contributed by atoms with E-state index in [9.17, 15) is 4.79 Å². The van der Waals surface area contributed by atoms with Gasteiger partial charge >= 0.3 is 0 Å². The number of anilines is 1. The van der Waals surface area contributed by atoms with Gasteiger partial charge in [0.05, 0.1) is 11.7 Å². The summed E-state index contributed by atoms with van der Waals surface area (Å²) < 4.78 is 5.34. The van der Waals surface area contributed by atoms with Crippen molar-refractivity contribution in [2.24, 2.45) is 5.73 Å². The van der Waals surface area contributed by atoms with Crippen molar-refractivity contribution in [2.45, 2.75) is 13.0 Å². The Morgan fingerprint density at radius 3 is 2.71 bits per heavy atom. The predicted molar refractivity (Wildman–Crippen MR) is 82.8 cm³/mol. The summed E-state index contributed by atoms with van der Waals surface area (Å²) in [5.74, 6) is 0.508. The molecular weight excluding hydrogens is 288 g/mol. The summed E-state index contributed by atoms with van der Waals surface area (Å²) in [5, 5.41) is 3.51. The molecule has 1 amide bonds. The van der Waals surface area contributed by atoms with Gasteiger partial charge in [0.2, 0.25) is 0 Å². The average Bonchev–Trinajstić information content (AvgIpc) is 2.48. The van der Waals surface area contributed by atoms with E-state index in [0.29, 0.717) is 11.4 Å². The number of carbonyl (C=O) groups excluding carboxylic acids is 1. The van der Waals surface area contributed by atoms with Crippen LogP contribution in [0.1, 0.15) is 22.7 Å². The van der Waals surface area contributed by atoms with Crippen LogP contribution < -0.4 is 15.8 Å². The molecule has 0 spiro atoms. The summed E-state index contributed by atoms with van der Waals surface area (Å²) in [6, 6.07) is 11.0. The Morgan fingerprint density at radius 2 is 1.95 bits per heavy atom. The zero-order chi connectivity index (χ0) is 15.0. The Hall–Kier alpha value is -2.04. The molecule has 1 aliphatic rings. The number of amides is 1. The third-order valence-electron chi connectivity index (χ3n) is 3.54. The molecular formula is C16H15ClN2O2. The number of aryl methyl sites for hydroxylation is 1. The van der Waals surface area contributed by atoms with Gasteiger partial charge in [-0.3, -0.25) is 4.79 Å². The van der Waals surface area contributed by atoms with Gasteiger partial charge in [0.25, 0.3) is 5.91 Å². The first-order valence-electron chi connectivity index (χ1n) is 6.63. The number of halogens is 1. The molecule has 0 aromatic heterocycles. The lowest BCUT2D eigenvalue weighted by Gasteiger charge is -2.20. The van der Waals surface area contributed by atoms with Crippen molar-refractivity contribution in [2.75, 3.05) is 11.9 Å². The molecule has 3 N–H and O–H groups in total. The Kier molecular flexibility index (Phi) is 3.57. The van der Waals surface area contributed by atoms with Crippen LogP contribution in [0, 0.1) is 6.92 Å². The van der Waals surface area contributed by atoms with Crippen LogP contribution in [0.2, 0.25) is 5.02 Å².